The molecule has 12 heteroatoms. The highest BCUT2D eigenvalue weighted by Crippen LogP contribution is 2.53. The molecule has 2 aromatic rings. The zero-order valence-electron chi connectivity index (χ0n) is 12.3. The van der Waals surface area contributed by atoms with Crippen LogP contribution in [0, 0.1) is 0 Å². The third kappa shape index (κ3) is 3.58. The van der Waals surface area contributed by atoms with E-state index in [0.717, 1.165) is 6.07 Å². The monoisotopic (exact) mass is 401 g/mol. The maximum Gasteiger partial charge on any atom is 0.425 e. The van der Waals surface area contributed by atoms with E-state index in [1.807, 2.05) is 0 Å². The summed E-state index contributed by atoms with van der Waals surface area (Å²) in [5, 5.41) is 12.8. The Morgan fingerprint density at radius 2 is 1.50 bits per heavy atom. The van der Waals surface area contributed by atoms with Crippen LogP contribution in [0.25, 0.3) is 10.8 Å². The first-order valence-corrected chi connectivity index (χ1v) is 7.26. The number of carbonyl (C=O) groups is 1. The molecule has 0 radical (unpaired) electrons. The van der Waals surface area contributed by atoms with Gasteiger partial charge in [-0.2, -0.15) is 30.7 Å². The third-order valence-electron chi connectivity index (χ3n) is 3.22. The highest BCUT2D eigenvalue weighted by Gasteiger charge is 2.79. The van der Waals surface area contributed by atoms with E-state index in [4.69, 9.17) is 0 Å². The van der Waals surface area contributed by atoms with Crippen molar-refractivity contribution in [3.8, 4) is 5.75 Å². The number of benzene rings is 2. The molecule has 0 saturated carbocycles. The fourth-order valence-electron chi connectivity index (χ4n) is 2.04. The lowest BCUT2D eigenvalue weighted by molar-refractivity contribution is -0.777. The van der Waals surface area contributed by atoms with Crippen molar-refractivity contribution in [3.05, 3.63) is 42.5 Å². The van der Waals surface area contributed by atoms with Crippen LogP contribution >= 0.6 is 12.0 Å². The molecular formula is C14H7F6O5S-. The predicted molar refractivity (Wildman–Crippen MR) is 74.2 cm³/mol. The van der Waals surface area contributed by atoms with Crippen LogP contribution in [-0.4, -0.2) is 23.1 Å². The van der Waals surface area contributed by atoms with Crippen molar-refractivity contribution in [3.63, 3.8) is 0 Å². The summed E-state index contributed by atoms with van der Waals surface area (Å²) in [6.45, 7) is 0. The lowest BCUT2D eigenvalue weighted by atomic mass is 10.1. The summed E-state index contributed by atoms with van der Waals surface area (Å²) < 4.78 is 81.5. The summed E-state index contributed by atoms with van der Waals surface area (Å²) in [5.41, 5.74) is 0. The van der Waals surface area contributed by atoms with Gasteiger partial charge in [0.2, 0.25) is 0 Å². The van der Waals surface area contributed by atoms with Crippen molar-refractivity contribution in [1.29, 1.82) is 0 Å². The Bertz CT molecular complexity index is 772. The maximum absolute atomic E-state index is 13.2. The Kier molecular flexibility index (Phi) is 5.70. The number of rotatable bonds is 5. The average Bonchev–Trinajstić information content (AvgIpc) is 2.53. The van der Waals surface area contributed by atoms with Crippen molar-refractivity contribution in [2.75, 3.05) is 0 Å². The van der Waals surface area contributed by atoms with Crippen molar-refractivity contribution in [1.82, 2.24) is 0 Å². The van der Waals surface area contributed by atoms with Crippen molar-refractivity contribution >= 4 is 28.8 Å². The summed E-state index contributed by atoms with van der Waals surface area (Å²) in [4.78, 5) is 12.0. The fourth-order valence-corrected chi connectivity index (χ4v) is 2.47. The number of hydrogen-bond acceptors (Lipinski definition) is 6. The highest BCUT2D eigenvalue weighted by molar-refractivity contribution is 7.96. The lowest BCUT2D eigenvalue weighted by Crippen LogP contribution is -2.61. The molecule has 2 rings (SSSR count). The number of ether oxygens (including phenoxy) is 1. The van der Waals surface area contributed by atoms with E-state index >= 15 is 0 Å². The zero-order valence-corrected chi connectivity index (χ0v) is 13.1. The summed E-state index contributed by atoms with van der Waals surface area (Å²) in [7, 11) is 0. The Morgan fingerprint density at radius 1 is 0.923 bits per heavy atom. The minimum absolute atomic E-state index is 0.104. The molecule has 0 N–H and O–H groups in total. The third-order valence-corrected chi connectivity index (χ3v) is 4.23. The fraction of sp³-hybridized carbons (Fsp3) is 0.214. The van der Waals surface area contributed by atoms with E-state index < -0.39 is 40.9 Å². The van der Waals surface area contributed by atoms with Gasteiger partial charge in [-0.25, -0.2) is 4.79 Å². The largest absolute Gasteiger partial charge is 0.691 e. The molecule has 0 bridgehead atoms. The SMILES string of the molecule is O=C(Oc1cccc2ccccc12)C(SOO[O-])(C(F)(F)F)C(F)(F)F. The molecule has 0 aliphatic carbocycles. The Balaban J connectivity index is 2.52. The second-order valence-corrected chi connectivity index (χ2v) is 5.68. The van der Waals surface area contributed by atoms with Gasteiger partial charge in [-0.05, 0) is 11.5 Å². The number of fused-ring (bicyclic) bond motifs is 1. The maximum atomic E-state index is 13.2. The van der Waals surface area contributed by atoms with Crippen LogP contribution in [0.3, 0.4) is 0 Å². The van der Waals surface area contributed by atoms with Gasteiger partial charge in [-0.3, -0.25) is 5.04 Å². The van der Waals surface area contributed by atoms with Gasteiger partial charge in [-0.1, -0.05) is 36.4 Å². The van der Waals surface area contributed by atoms with E-state index in [2.05, 4.69) is 14.1 Å². The first-order chi connectivity index (χ1) is 12.0. The smallest absolute Gasteiger partial charge is 0.425 e. The predicted octanol–water partition coefficient (Wildman–Crippen LogP) is 3.48. The minimum atomic E-state index is -6.21. The standard InChI is InChI=1S/C14H8F6O5S/c15-13(16,17)12(14(18,19)20,26-25-24-22)11(21)23-10-7-3-5-8-4-1-2-6-9(8)10/h1-7,22H/p-1. The van der Waals surface area contributed by atoms with Gasteiger partial charge in [0.05, 0.1) is 12.0 Å². The number of halogens is 6. The zero-order chi connectivity index (χ0) is 19.6. The molecule has 0 saturated heterocycles. The van der Waals surface area contributed by atoms with E-state index in [1.165, 1.54) is 30.3 Å². The van der Waals surface area contributed by atoms with Gasteiger partial charge in [0.25, 0.3) is 0 Å². The molecule has 0 fully saturated rings. The average molecular weight is 401 g/mol. The van der Waals surface area contributed by atoms with E-state index in [1.54, 1.807) is 6.07 Å². The minimum Gasteiger partial charge on any atom is -0.691 e. The molecule has 2 aromatic carbocycles. The van der Waals surface area contributed by atoms with Crippen LogP contribution in [0.5, 0.6) is 5.75 Å². The quantitative estimate of drug-likeness (QED) is 0.191. The van der Waals surface area contributed by atoms with Crippen LogP contribution < -0.4 is 9.99 Å². The van der Waals surface area contributed by atoms with Gasteiger partial charge in [-0.15, -0.1) is 0 Å². The van der Waals surface area contributed by atoms with Gasteiger partial charge < -0.3 is 9.99 Å². The molecule has 0 aromatic heterocycles. The molecule has 0 unspecified atom stereocenters. The molecule has 0 atom stereocenters. The summed E-state index contributed by atoms with van der Waals surface area (Å²) in [6, 6.07) is 9.67. The summed E-state index contributed by atoms with van der Waals surface area (Å²) >= 11 is -1.54. The van der Waals surface area contributed by atoms with E-state index in [9.17, 15) is 36.4 Å². The van der Waals surface area contributed by atoms with E-state index in [0.29, 0.717) is 5.39 Å². The molecule has 0 heterocycles. The molecule has 0 amide bonds. The Morgan fingerprint density at radius 3 is 2.08 bits per heavy atom. The number of alkyl halides is 6. The number of hydrogen-bond donors (Lipinski definition) is 0. The first-order valence-electron chi connectivity index (χ1n) is 6.52. The molecule has 0 spiro atoms. The Hall–Kier alpha value is -2.02. The normalized spacial score (nSPS) is 13.0. The highest BCUT2D eigenvalue weighted by atomic mass is 32.2. The first kappa shape index (κ1) is 20.3. The Labute approximate surface area is 145 Å². The summed E-state index contributed by atoms with van der Waals surface area (Å²) in [6.07, 6.45) is -12.4. The van der Waals surface area contributed by atoms with Gasteiger partial charge in [0, 0.05) is 5.39 Å². The molecule has 26 heavy (non-hydrogen) atoms. The van der Waals surface area contributed by atoms with Gasteiger partial charge >= 0.3 is 23.1 Å². The van der Waals surface area contributed by atoms with Crippen LogP contribution in [-0.2, 0) is 14.2 Å². The lowest BCUT2D eigenvalue weighted by Gasteiger charge is -2.32. The molecule has 5 nitrogen and oxygen atoms in total. The van der Waals surface area contributed by atoms with Crippen molar-refractivity contribution in [2.24, 2.45) is 0 Å². The van der Waals surface area contributed by atoms with Crippen molar-refractivity contribution in [2.45, 2.75) is 17.1 Å². The van der Waals surface area contributed by atoms with Crippen LogP contribution in [0.4, 0.5) is 26.3 Å². The van der Waals surface area contributed by atoms with Crippen LogP contribution in [0.1, 0.15) is 0 Å². The molecule has 0 aliphatic heterocycles. The van der Waals surface area contributed by atoms with Gasteiger partial charge in [0.1, 0.15) is 5.75 Å². The van der Waals surface area contributed by atoms with Crippen LogP contribution in [0.15, 0.2) is 42.5 Å². The second kappa shape index (κ2) is 7.31. The van der Waals surface area contributed by atoms with Crippen LogP contribution in [0.2, 0.25) is 0 Å². The van der Waals surface area contributed by atoms with E-state index in [-0.39, 0.29) is 5.39 Å². The van der Waals surface area contributed by atoms with Crippen molar-refractivity contribution < 1.29 is 50.5 Å². The number of esters is 1. The topological polar surface area (TPSA) is 67.8 Å². The molecule has 0 aliphatic rings. The van der Waals surface area contributed by atoms with Gasteiger partial charge in [0.15, 0.2) is 0 Å². The summed E-state index contributed by atoms with van der Waals surface area (Å²) in [5.74, 6) is -3.27. The number of carbonyl (C=O) groups excluding carboxylic acids is 1. The molecular weight excluding hydrogens is 394 g/mol. The molecule has 142 valence electrons. The second-order valence-electron chi connectivity index (χ2n) is 4.76.